The first-order valence-electron chi connectivity index (χ1n) is 5.78. The molecule has 0 aliphatic carbocycles. The van der Waals surface area contributed by atoms with Crippen LogP contribution in [0.25, 0.3) is 0 Å². The van der Waals surface area contributed by atoms with Crippen molar-refractivity contribution in [1.29, 1.82) is 0 Å². The van der Waals surface area contributed by atoms with Crippen LogP contribution in [0.5, 0.6) is 0 Å². The second-order valence-electron chi connectivity index (χ2n) is 5.24. The number of rotatable bonds is 4. The van der Waals surface area contributed by atoms with Crippen LogP contribution in [0.3, 0.4) is 0 Å². The molecule has 0 aromatic carbocycles. The van der Waals surface area contributed by atoms with Gasteiger partial charge in [0.2, 0.25) is 0 Å². The molecule has 0 saturated heterocycles. The molecule has 1 aromatic rings. The molecule has 0 spiro atoms. The average Bonchev–Trinajstić information content (AvgIpc) is 2.16. The number of aryl methyl sites for hydroxylation is 1. The third kappa shape index (κ3) is 4.19. The van der Waals surface area contributed by atoms with E-state index in [0.29, 0.717) is 0 Å². The standard InChI is InChI=1S/C13H23N3/c1-11-7-6-8-14-12(11)16(5)10-9-15-13(2,3)4/h6-8,15H,9-10H2,1-5H3. The maximum atomic E-state index is 4.39. The van der Waals surface area contributed by atoms with Gasteiger partial charge >= 0.3 is 0 Å². The molecule has 0 saturated carbocycles. The molecular formula is C13H23N3. The van der Waals surface area contributed by atoms with Crippen molar-refractivity contribution in [1.82, 2.24) is 10.3 Å². The molecule has 0 aliphatic rings. The molecule has 16 heavy (non-hydrogen) atoms. The summed E-state index contributed by atoms with van der Waals surface area (Å²) in [5, 5.41) is 3.47. The fourth-order valence-corrected chi connectivity index (χ4v) is 1.58. The highest BCUT2D eigenvalue weighted by atomic mass is 15.2. The van der Waals surface area contributed by atoms with E-state index in [-0.39, 0.29) is 5.54 Å². The van der Waals surface area contributed by atoms with Gasteiger partial charge < -0.3 is 10.2 Å². The first-order valence-corrected chi connectivity index (χ1v) is 5.78. The van der Waals surface area contributed by atoms with E-state index in [1.165, 1.54) is 5.56 Å². The van der Waals surface area contributed by atoms with E-state index in [2.05, 4.69) is 56.0 Å². The molecule has 0 radical (unpaired) electrons. The summed E-state index contributed by atoms with van der Waals surface area (Å²) in [6.07, 6.45) is 1.84. The van der Waals surface area contributed by atoms with Gasteiger partial charge in [0.1, 0.15) is 5.82 Å². The van der Waals surface area contributed by atoms with Crippen LogP contribution >= 0.6 is 0 Å². The van der Waals surface area contributed by atoms with Gasteiger partial charge in [-0.05, 0) is 39.3 Å². The van der Waals surface area contributed by atoms with Crippen LogP contribution in [0.4, 0.5) is 5.82 Å². The molecule has 0 bridgehead atoms. The second-order valence-corrected chi connectivity index (χ2v) is 5.24. The quantitative estimate of drug-likeness (QED) is 0.845. The molecule has 0 aliphatic heterocycles. The smallest absolute Gasteiger partial charge is 0.131 e. The number of nitrogens with zero attached hydrogens (tertiary/aromatic N) is 2. The Hall–Kier alpha value is -1.09. The molecular weight excluding hydrogens is 198 g/mol. The van der Waals surface area contributed by atoms with Gasteiger partial charge in [0.25, 0.3) is 0 Å². The molecule has 3 heteroatoms. The van der Waals surface area contributed by atoms with Gasteiger partial charge in [-0.25, -0.2) is 4.98 Å². The van der Waals surface area contributed by atoms with E-state index in [9.17, 15) is 0 Å². The third-order valence-electron chi connectivity index (χ3n) is 2.45. The van der Waals surface area contributed by atoms with Gasteiger partial charge in [0.15, 0.2) is 0 Å². The summed E-state index contributed by atoms with van der Waals surface area (Å²) in [6.45, 7) is 10.6. The summed E-state index contributed by atoms with van der Waals surface area (Å²) >= 11 is 0. The number of hydrogen-bond donors (Lipinski definition) is 1. The summed E-state index contributed by atoms with van der Waals surface area (Å²) in [5.74, 6) is 1.07. The Morgan fingerprint density at radius 1 is 1.38 bits per heavy atom. The minimum absolute atomic E-state index is 0.181. The lowest BCUT2D eigenvalue weighted by Gasteiger charge is -2.24. The molecule has 0 unspecified atom stereocenters. The van der Waals surface area contributed by atoms with Gasteiger partial charge in [-0.2, -0.15) is 0 Å². The lowest BCUT2D eigenvalue weighted by Crippen LogP contribution is -2.40. The SMILES string of the molecule is Cc1cccnc1N(C)CCNC(C)(C)C. The lowest BCUT2D eigenvalue weighted by molar-refractivity contribution is 0.430. The van der Waals surface area contributed by atoms with Crippen molar-refractivity contribution in [2.24, 2.45) is 0 Å². The summed E-state index contributed by atoms with van der Waals surface area (Å²) in [4.78, 5) is 6.58. The van der Waals surface area contributed by atoms with Crippen molar-refractivity contribution in [3.63, 3.8) is 0 Å². The number of anilines is 1. The van der Waals surface area contributed by atoms with Crippen molar-refractivity contribution in [2.75, 3.05) is 25.0 Å². The fourth-order valence-electron chi connectivity index (χ4n) is 1.58. The van der Waals surface area contributed by atoms with Crippen LogP contribution in [-0.4, -0.2) is 30.7 Å². The van der Waals surface area contributed by atoms with Crippen molar-refractivity contribution < 1.29 is 0 Å². The summed E-state index contributed by atoms with van der Waals surface area (Å²) in [5.41, 5.74) is 1.40. The summed E-state index contributed by atoms with van der Waals surface area (Å²) in [6, 6.07) is 4.07. The Kier molecular flexibility index (Phi) is 4.30. The highest BCUT2D eigenvalue weighted by molar-refractivity contribution is 5.44. The van der Waals surface area contributed by atoms with Crippen molar-refractivity contribution in [3.8, 4) is 0 Å². The molecule has 3 nitrogen and oxygen atoms in total. The van der Waals surface area contributed by atoms with Crippen LogP contribution in [0, 0.1) is 6.92 Å². The molecule has 1 heterocycles. The normalized spacial score (nSPS) is 11.6. The van der Waals surface area contributed by atoms with Crippen LogP contribution in [0.1, 0.15) is 26.3 Å². The predicted octanol–water partition coefficient (Wildman–Crippen LogP) is 2.21. The van der Waals surface area contributed by atoms with Gasteiger partial charge in [-0.3, -0.25) is 0 Å². The van der Waals surface area contributed by atoms with E-state index in [1.807, 2.05) is 12.3 Å². The number of likely N-dealkylation sites (N-methyl/N-ethyl adjacent to an activating group) is 1. The van der Waals surface area contributed by atoms with Crippen molar-refractivity contribution in [3.05, 3.63) is 23.9 Å². The number of aromatic nitrogens is 1. The molecule has 1 N–H and O–H groups in total. The molecule has 90 valence electrons. The second kappa shape index (κ2) is 5.30. The van der Waals surface area contributed by atoms with Crippen molar-refractivity contribution in [2.45, 2.75) is 33.2 Å². The van der Waals surface area contributed by atoms with Crippen LogP contribution in [0.2, 0.25) is 0 Å². The zero-order valence-electron chi connectivity index (χ0n) is 11.0. The topological polar surface area (TPSA) is 28.2 Å². The van der Waals surface area contributed by atoms with Gasteiger partial charge in [-0.15, -0.1) is 0 Å². The molecule has 0 atom stereocenters. The predicted molar refractivity (Wildman–Crippen MR) is 70.0 cm³/mol. The van der Waals surface area contributed by atoms with E-state index < -0.39 is 0 Å². The Labute approximate surface area is 98.9 Å². The zero-order valence-corrected chi connectivity index (χ0v) is 11.0. The van der Waals surface area contributed by atoms with Crippen LogP contribution < -0.4 is 10.2 Å². The van der Waals surface area contributed by atoms with E-state index in [4.69, 9.17) is 0 Å². The first kappa shape index (κ1) is 13.0. The fraction of sp³-hybridized carbons (Fsp3) is 0.615. The highest BCUT2D eigenvalue weighted by Gasteiger charge is 2.09. The summed E-state index contributed by atoms with van der Waals surface area (Å²) < 4.78 is 0. The Morgan fingerprint density at radius 3 is 2.62 bits per heavy atom. The van der Waals surface area contributed by atoms with Gasteiger partial charge in [0, 0.05) is 31.9 Å². The van der Waals surface area contributed by atoms with Gasteiger partial charge in [0.05, 0.1) is 0 Å². The monoisotopic (exact) mass is 221 g/mol. The number of hydrogen-bond acceptors (Lipinski definition) is 3. The van der Waals surface area contributed by atoms with E-state index in [0.717, 1.165) is 18.9 Å². The zero-order chi connectivity index (χ0) is 12.2. The minimum atomic E-state index is 0.181. The van der Waals surface area contributed by atoms with E-state index >= 15 is 0 Å². The number of nitrogens with one attached hydrogen (secondary N) is 1. The third-order valence-corrected chi connectivity index (χ3v) is 2.45. The summed E-state index contributed by atoms with van der Waals surface area (Å²) in [7, 11) is 2.08. The molecule has 1 aromatic heterocycles. The van der Waals surface area contributed by atoms with Crippen LogP contribution in [0.15, 0.2) is 18.3 Å². The Balaban J connectivity index is 2.47. The molecule has 0 fully saturated rings. The van der Waals surface area contributed by atoms with Crippen LogP contribution in [-0.2, 0) is 0 Å². The maximum absolute atomic E-state index is 4.39. The molecule has 0 amide bonds. The highest BCUT2D eigenvalue weighted by Crippen LogP contribution is 2.13. The van der Waals surface area contributed by atoms with Crippen molar-refractivity contribution >= 4 is 5.82 Å². The average molecular weight is 221 g/mol. The molecule has 1 rings (SSSR count). The maximum Gasteiger partial charge on any atom is 0.131 e. The Bertz CT molecular complexity index is 328. The van der Waals surface area contributed by atoms with E-state index in [1.54, 1.807) is 0 Å². The minimum Gasteiger partial charge on any atom is -0.358 e. The Morgan fingerprint density at radius 2 is 2.06 bits per heavy atom. The van der Waals surface area contributed by atoms with Gasteiger partial charge in [-0.1, -0.05) is 6.07 Å². The number of pyridine rings is 1. The lowest BCUT2D eigenvalue weighted by atomic mass is 10.1. The first-order chi connectivity index (χ1) is 7.40. The largest absolute Gasteiger partial charge is 0.358 e.